The number of anilines is 2. The molecule has 2 aromatic rings. The molecule has 0 radical (unpaired) electrons. The highest BCUT2D eigenvalue weighted by Gasteiger charge is 2.24. The summed E-state index contributed by atoms with van der Waals surface area (Å²) in [4.78, 5) is 14.6. The fraction of sp³-hybridized carbons (Fsp3) is 0.519. The van der Waals surface area contributed by atoms with Crippen molar-refractivity contribution in [3.63, 3.8) is 0 Å². The van der Waals surface area contributed by atoms with Crippen LogP contribution < -0.4 is 11.1 Å². The van der Waals surface area contributed by atoms with Crippen LogP contribution in [-0.4, -0.2) is 30.9 Å². The van der Waals surface area contributed by atoms with E-state index in [2.05, 4.69) is 43.4 Å². The zero-order valence-electron chi connectivity index (χ0n) is 21.1. The molecule has 3 N–H and O–H groups in total. The van der Waals surface area contributed by atoms with Crippen LogP contribution in [0.4, 0.5) is 11.4 Å². The second-order valence-electron chi connectivity index (χ2n) is 7.22. The minimum Gasteiger partial charge on any atom is -0.398 e. The standard InChI is InChI=1S/C20H25N3O.C3H8.2C2H6/c1-14-3-4-17(13-19(14)21)20(24)23-11-9-16(10-12-23)15-5-7-18(22-2)8-6-15;1-3-2;2*1-2/h3-8,13,16,22H,9-12,21H2,1-2H3;3H2,1-2H3;2*1-2H3. The number of aryl methyl sites for hydroxylation is 1. The third kappa shape index (κ3) is 9.04. The molecule has 31 heavy (non-hydrogen) atoms. The lowest BCUT2D eigenvalue weighted by molar-refractivity contribution is 0.0713. The predicted octanol–water partition coefficient (Wildman–Crippen LogP) is 7.11. The van der Waals surface area contributed by atoms with E-state index in [0.717, 1.165) is 37.2 Å². The molecular formula is C27H45N3O. The first-order valence-electron chi connectivity index (χ1n) is 11.9. The van der Waals surface area contributed by atoms with Gasteiger partial charge >= 0.3 is 0 Å². The third-order valence-corrected chi connectivity index (χ3v) is 4.98. The van der Waals surface area contributed by atoms with Crippen LogP contribution in [0.5, 0.6) is 0 Å². The Morgan fingerprint density at radius 2 is 1.52 bits per heavy atom. The monoisotopic (exact) mass is 427 g/mol. The molecule has 1 aliphatic rings. The van der Waals surface area contributed by atoms with Gasteiger partial charge in [0.15, 0.2) is 0 Å². The molecule has 0 unspecified atom stereocenters. The van der Waals surface area contributed by atoms with Gasteiger partial charge in [0.1, 0.15) is 0 Å². The predicted molar refractivity (Wildman–Crippen MR) is 138 cm³/mol. The molecule has 1 amide bonds. The average molecular weight is 428 g/mol. The Kier molecular flexibility index (Phi) is 14.9. The molecule has 0 aromatic heterocycles. The van der Waals surface area contributed by atoms with Crippen LogP contribution in [0.3, 0.4) is 0 Å². The lowest BCUT2D eigenvalue weighted by Crippen LogP contribution is -2.37. The number of nitrogen functional groups attached to an aromatic ring is 1. The van der Waals surface area contributed by atoms with E-state index in [4.69, 9.17) is 5.73 Å². The number of nitrogens with one attached hydrogen (secondary N) is 1. The summed E-state index contributed by atoms with van der Waals surface area (Å²) in [7, 11) is 1.93. The Bertz CT molecular complexity index is 733. The van der Waals surface area contributed by atoms with Gasteiger partial charge in [-0.2, -0.15) is 0 Å². The van der Waals surface area contributed by atoms with Crippen LogP contribution in [-0.2, 0) is 0 Å². The summed E-state index contributed by atoms with van der Waals surface area (Å²) < 4.78 is 0. The number of likely N-dealkylation sites (tertiary alicyclic amines) is 1. The van der Waals surface area contributed by atoms with E-state index in [1.807, 2.05) is 58.7 Å². The summed E-state index contributed by atoms with van der Waals surface area (Å²) in [6, 6.07) is 14.2. The van der Waals surface area contributed by atoms with Gasteiger partial charge in [-0.25, -0.2) is 0 Å². The van der Waals surface area contributed by atoms with Crippen molar-refractivity contribution in [1.82, 2.24) is 4.90 Å². The summed E-state index contributed by atoms with van der Waals surface area (Å²) in [6.07, 6.45) is 3.26. The summed E-state index contributed by atoms with van der Waals surface area (Å²) in [5, 5.41) is 3.14. The van der Waals surface area contributed by atoms with Gasteiger partial charge < -0.3 is 16.0 Å². The average Bonchev–Trinajstić information content (AvgIpc) is 2.83. The van der Waals surface area contributed by atoms with Crippen LogP contribution in [0.1, 0.15) is 88.2 Å². The largest absolute Gasteiger partial charge is 0.398 e. The molecule has 1 heterocycles. The smallest absolute Gasteiger partial charge is 0.253 e. The number of nitrogens with two attached hydrogens (primary N) is 1. The van der Waals surface area contributed by atoms with E-state index in [1.54, 1.807) is 6.07 Å². The molecule has 0 atom stereocenters. The first-order valence-corrected chi connectivity index (χ1v) is 11.9. The molecule has 1 saturated heterocycles. The Morgan fingerprint density at radius 1 is 1.00 bits per heavy atom. The van der Waals surface area contributed by atoms with Gasteiger partial charge in [0.2, 0.25) is 0 Å². The van der Waals surface area contributed by atoms with E-state index in [1.165, 1.54) is 12.0 Å². The number of carbonyl (C=O) groups excluding carboxylic acids is 1. The summed E-state index contributed by atoms with van der Waals surface area (Å²) >= 11 is 0. The first-order chi connectivity index (χ1) is 15.0. The number of benzene rings is 2. The Balaban J connectivity index is 0.00000116. The van der Waals surface area contributed by atoms with Crippen LogP contribution in [0.25, 0.3) is 0 Å². The van der Waals surface area contributed by atoms with Crippen LogP contribution >= 0.6 is 0 Å². The number of rotatable bonds is 3. The minimum atomic E-state index is 0.0886. The quantitative estimate of drug-likeness (QED) is 0.513. The molecule has 3 rings (SSSR count). The zero-order chi connectivity index (χ0) is 23.8. The van der Waals surface area contributed by atoms with Crippen molar-refractivity contribution in [2.75, 3.05) is 31.2 Å². The zero-order valence-corrected chi connectivity index (χ0v) is 21.1. The molecule has 4 heteroatoms. The maximum absolute atomic E-state index is 12.7. The van der Waals surface area contributed by atoms with Crippen molar-refractivity contribution >= 4 is 17.3 Å². The molecule has 1 aliphatic heterocycles. The van der Waals surface area contributed by atoms with Gasteiger partial charge in [-0.15, -0.1) is 0 Å². The van der Waals surface area contributed by atoms with Crippen LogP contribution in [0.15, 0.2) is 42.5 Å². The molecular weight excluding hydrogens is 382 g/mol. The summed E-state index contributed by atoms with van der Waals surface area (Å²) in [6.45, 7) is 15.8. The molecule has 1 fully saturated rings. The molecule has 0 saturated carbocycles. The highest BCUT2D eigenvalue weighted by Crippen LogP contribution is 2.29. The van der Waals surface area contributed by atoms with Gasteiger partial charge in [-0.05, 0) is 61.1 Å². The van der Waals surface area contributed by atoms with Crippen LogP contribution in [0, 0.1) is 6.92 Å². The van der Waals surface area contributed by atoms with Crippen molar-refractivity contribution in [2.24, 2.45) is 0 Å². The maximum atomic E-state index is 12.7. The molecule has 0 bridgehead atoms. The maximum Gasteiger partial charge on any atom is 0.253 e. The normalized spacial score (nSPS) is 12.8. The molecule has 174 valence electrons. The number of carbonyl (C=O) groups is 1. The Morgan fingerprint density at radius 3 is 1.97 bits per heavy atom. The van der Waals surface area contributed by atoms with Crippen molar-refractivity contribution in [1.29, 1.82) is 0 Å². The van der Waals surface area contributed by atoms with Gasteiger partial charge in [-0.3, -0.25) is 4.79 Å². The lowest BCUT2D eigenvalue weighted by atomic mass is 9.89. The van der Waals surface area contributed by atoms with E-state index in [0.29, 0.717) is 17.2 Å². The Hall–Kier alpha value is -2.49. The number of hydrogen-bond donors (Lipinski definition) is 2. The molecule has 0 aliphatic carbocycles. The van der Waals surface area contributed by atoms with E-state index in [-0.39, 0.29) is 5.91 Å². The lowest BCUT2D eigenvalue weighted by Gasteiger charge is -2.32. The number of amides is 1. The SMILES string of the molecule is CC.CC.CCC.CNc1ccc(C2CCN(C(=O)c3ccc(C)c(N)c3)CC2)cc1. The molecule has 4 nitrogen and oxygen atoms in total. The fourth-order valence-electron chi connectivity index (χ4n) is 3.29. The van der Waals surface area contributed by atoms with Gasteiger partial charge in [-0.1, -0.05) is 66.2 Å². The number of piperidine rings is 1. The summed E-state index contributed by atoms with van der Waals surface area (Å²) in [5.41, 5.74) is 10.8. The molecule has 2 aromatic carbocycles. The third-order valence-electron chi connectivity index (χ3n) is 4.98. The van der Waals surface area contributed by atoms with E-state index < -0.39 is 0 Å². The second-order valence-corrected chi connectivity index (χ2v) is 7.22. The van der Waals surface area contributed by atoms with Gasteiger partial charge in [0.05, 0.1) is 0 Å². The molecule has 0 spiro atoms. The van der Waals surface area contributed by atoms with Crippen molar-refractivity contribution in [3.8, 4) is 0 Å². The van der Waals surface area contributed by atoms with Crippen molar-refractivity contribution in [3.05, 3.63) is 59.2 Å². The first kappa shape index (κ1) is 28.5. The van der Waals surface area contributed by atoms with Crippen LogP contribution in [0.2, 0.25) is 0 Å². The highest BCUT2D eigenvalue weighted by molar-refractivity contribution is 5.95. The topological polar surface area (TPSA) is 58.4 Å². The second kappa shape index (κ2) is 16.2. The van der Waals surface area contributed by atoms with E-state index in [9.17, 15) is 4.79 Å². The van der Waals surface area contributed by atoms with Gasteiger partial charge in [0.25, 0.3) is 5.91 Å². The van der Waals surface area contributed by atoms with Gasteiger partial charge in [0, 0.05) is 37.1 Å². The Labute approximate surface area is 191 Å². The highest BCUT2D eigenvalue weighted by atomic mass is 16.2. The minimum absolute atomic E-state index is 0.0886. The van der Waals surface area contributed by atoms with E-state index >= 15 is 0 Å². The number of nitrogens with zero attached hydrogens (tertiary/aromatic N) is 1. The fourth-order valence-corrected chi connectivity index (χ4v) is 3.29. The summed E-state index contributed by atoms with van der Waals surface area (Å²) in [5.74, 6) is 0.619. The van der Waals surface area contributed by atoms with Crippen molar-refractivity contribution < 1.29 is 4.79 Å². The number of hydrogen-bond acceptors (Lipinski definition) is 3. The van der Waals surface area contributed by atoms with Crippen molar-refractivity contribution in [2.45, 2.75) is 73.6 Å².